The van der Waals surface area contributed by atoms with Crippen LogP contribution in [0.15, 0.2) is 108 Å². The van der Waals surface area contributed by atoms with Gasteiger partial charge in [0, 0.05) is 28.8 Å². The molecule has 1 aromatic heterocycles. The van der Waals surface area contributed by atoms with Crippen molar-refractivity contribution in [3.8, 4) is 0 Å². The molecule has 2 amide bonds. The van der Waals surface area contributed by atoms with Crippen LogP contribution < -0.4 is 10.6 Å². The molecule has 7 heteroatoms. The van der Waals surface area contributed by atoms with Gasteiger partial charge in [0.05, 0.1) is 0 Å². The van der Waals surface area contributed by atoms with Crippen LogP contribution in [0.25, 0.3) is 0 Å². The number of amides is 2. The van der Waals surface area contributed by atoms with Gasteiger partial charge in [-0.1, -0.05) is 60.7 Å². The van der Waals surface area contributed by atoms with Crippen molar-refractivity contribution in [1.29, 1.82) is 0 Å². The Morgan fingerprint density at radius 1 is 0.829 bits per heavy atom. The minimum absolute atomic E-state index is 0.273. The third-order valence-electron chi connectivity index (χ3n) is 5.25. The monoisotopic (exact) mass is 485 g/mol. The van der Waals surface area contributed by atoms with Crippen LogP contribution in [0.5, 0.6) is 0 Å². The molecule has 1 heterocycles. The maximum absolute atomic E-state index is 13.2. The third kappa shape index (κ3) is 7.25. The van der Waals surface area contributed by atoms with Crippen LogP contribution in [0.2, 0.25) is 0 Å². The molecule has 0 radical (unpaired) electrons. The SMILES string of the molecule is O=C(NC(Cc1ccccc1)C(=O)Nc1ccc(SCc2ccccc2)cn1)c1ccc(F)cc1. The van der Waals surface area contributed by atoms with Crippen LogP contribution in [-0.4, -0.2) is 22.8 Å². The first kappa shape index (κ1) is 24.2. The lowest BCUT2D eigenvalue weighted by Crippen LogP contribution is -2.45. The third-order valence-corrected chi connectivity index (χ3v) is 6.30. The summed E-state index contributed by atoms with van der Waals surface area (Å²) in [6.07, 6.45) is 2.01. The van der Waals surface area contributed by atoms with Gasteiger partial charge >= 0.3 is 0 Å². The predicted molar refractivity (Wildman–Crippen MR) is 137 cm³/mol. The lowest BCUT2D eigenvalue weighted by Gasteiger charge is -2.18. The average Bonchev–Trinajstić information content (AvgIpc) is 2.89. The van der Waals surface area contributed by atoms with Crippen molar-refractivity contribution in [2.75, 3.05) is 5.32 Å². The van der Waals surface area contributed by atoms with Gasteiger partial charge in [-0.25, -0.2) is 9.37 Å². The van der Waals surface area contributed by atoms with E-state index in [0.29, 0.717) is 12.2 Å². The van der Waals surface area contributed by atoms with Gasteiger partial charge in [0.25, 0.3) is 5.91 Å². The number of benzene rings is 3. The maximum Gasteiger partial charge on any atom is 0.251 e. The number of aromatic nitrogens is 1. The molecule has 0 fully saturated rings. The number of halogens is 1. The molecule has 4 rings (SSSR count). The smallest absolute Gasteiger partial charge is 0.251 e. The summed E-state index contributed by atoms with van der Waals surface area (Å²) in [6.45, 7) is 0. The molecule has 0 aliphatic rings. The molecule has 0 saturated heterocycles. The van der Waals surface area contributed by atoms with Crippen molar-refractivity contribution in [3.05, 3.63) is 126 Å². The molecule has 0 aliphatic heterocycles. The molecule has 0 saturated carbocycles. The van der Waals surface area contributed by atoms with E-state index in [1.165, 1.54) is 29.8 Å². The van der Waals surface area contributed by atoms with E-state index in [1.54, 1.807) is 24.0 Å². The number of rotatable bonds is 9. The molecule has 0 aliphatic carbocycles. The van der Waals surface area contributed by atoms with Crippen LogP contribution in [0.3, 0.4) is 0 Å². The number of anilines is 1. The van der Waals surface area contributed by atoms with Crippen LogP contribution in [-0.2, 0) is 17.0 Å². The van der Waals surface area contributed by atoms with Gasteiger partial charge in [-0.15, -0.1) is 11.8 Å². The van der Waals surface area contributed by atoms with Crippen molar-refractivity contribution in [2.24, 2.45) is 0 Å². The molecule has 0 spiro atoms. The molecule has 1 unspecified atom stereocenters. The van der Waals surface area contributed by atoms with Gasteiger partial charge in [-0.05, 0) is 47.5 Å². The van der Waals surface area contributed by atoms with Gasteiger partial charge < -0.3 is 10.6 Å². The van der Waals surface area contributed by atoms with Crippen molar-refractivity contribution in [3.63, 3.8) is 0 Å². The lowest BCUT2D eigenvalue weighted by atomic mass is 10.0. The fraction of sp³-hybridized carbons (Fsp3) is 0.107. The molecule has 1 atom stereocenters. The Balaban J connectivity index is 1.42. The summed E-state index contributed by atoms with van der Waals surface area (Å²) in [5.74, 6) is -0.0593. The zero-order chi connectivity index (χ0) is 24.5. The van der Waals surface area contributed by atoms with Crippen LogP contribution in [0.4, 0.5) is 10.2 Å². The van der Waals surface area contributed by atoms with E-state index >= 15 is 0 Å². The normalized spacial score (nSPS) is 11.5. The first-order valence-corrected chi connectivity index (χ1v) is 12.1. The zero-order valence-corrected chi connectivity index (χ0v) is 19.7. The van der Waals surface area contributed by atoms with Crippen LogP contribution >= 0.6 is 11.8 Å². The Morgan fingerprint density at radius 2 is 1.49 bits per heavy atom. The van der Waals surface area contributed by atoms with Gasteiger partial charge in [-0.3, -0.25) is 9.59 Å². The number of nitrogens with zero attached hydrogens (tertiary/aromatic N) is 1. The Morgan fingerprint density at radius 3 is 2.11 bits per heavy atom. The molecule has 176 valence electrons. The summed E-state index contributed by atoms with van der Waals surface area (Å²) in [6, 6.07) is 27.6. The molecule has 4 aromatic rings. The predicted octanol–water partition coefficient (Wildman–Crippen LogP) is 5.49. The fourth-order valence-electron chi connectivity index (χ4n) is 3.40. The molecule has 3 aromatic carbocycles. The minimum atomic E-state index is -0.844. The van der Waals surface area contributed by atoms with E-state index in [1.807, 2.05) is 54.6 Å². The van der Waals surface area contributed by atoms with E-state index in [2.05, 4.69) is 27.8 Å². The highest BCUT2D eigenvalue weighted by atomic mass is 32.2. The molecule has 5 nitrogen and oxygen atoms in total. The first-order chi connectivity index (χ1) is 17.1. The number of nitrogens with one attached hydrogen (secondary N) is 2. The topological polar surface area (TPSA) is 71.1 Å². The summed E-state index contributed by atoms with van der Waals surface area (Å²) >= 11 is 1.66. The number of pyridine rings is 1. The van der Waals surface area contributed by atoms with Crippen LogP contribution in [0.1, 0.15) is 21.5 Å². The quantitative estimate of drug-likeness (QED) is 0.308. The second-order valence-corrected chi connectivity index (χ2v) is 8.91. The van der Waals surface area contributed by atoms with E-state index < -0.39 is 17.8 Å². The summed E-state index contributed by atoms with van der Waals surface area (Å²) in [4.78, 5) is 31.2. The number of hydrogen-bond acceptors (Lipinski definition) is 4. The van der Waals surface area contributed by atoms with E-state index in [4.69, 9.17) is 0 Å². The van der Waals surface area contributed by atoms with E-state index in [9.17, 15) is 14.0 Å². The summed E-state index contributed by atoms with van der Waals surface area (Å²) in [5, 5.41) is 5.56. The largest absolute Gasteiger partial charge is 0.340 e. The lowest BCUT2D eigenvalue weighted by molar-refractivity contribution is -0.118. The van der Waals surface area contributed by atoms with Crippen LogP contribution in [0, 0.1) is 5.82 Å². The van der Waals surface area contributed by atoms with Crippen molar-refractivity contribution >= 4 is 29.4 Å². The summed E-state index contributed by atoms with van der Waals surface area (Å²) in [7, 11) is 0. The number of carbonyl (C=O) groups is 2. The Hall–Kier alpha value is -3.97. The zero-order valence-electron chi connectivity index (χ0n) is 18.9. The number of carbonyl (C=O) groups excluding carboxylic acids is 2. The Kier molecular flexibility index (Phi) is 8.25. The molecule has 2 N–H and O–H groups in total. The standard InChI is InChI=1S/C28H24FN3O2S/c29-23-13-11-22(12-14-23)27(33)31-25(17-20-7-3-1-4-8-20)28(34)32-26-16-15-24(18-30-26)35-19-21-9-5-2-6-10-21/h1-16,18,25H,17,19H2,(H,31,33)(H,30,32,34). The number of hydrogen-bond donors (Lipinski definition) is 2. The van der Waals surface area contributed by atoms with Crippen molar-refractivity contribution in [1.82, 2.24) is 10.3 Å². The number of thioether (sulfide) groups is 1. The molecular weight excluding hydrogens is 461 g/mol. The molecule has 0 bridgehead atoms. The highest BCUT2D eigenvalue weighted by Gasteiger charge is 2.22. The molecular formula is C28H24FN3O2S. The van der Waals surface area contributed by atoms with Crippen molar-refractivity contribution in [2.45, 2.75) is 23.1 Å². The van der Waals surface area contributed by atoms with Gasteiger partial charge in [0.2, 0.25) is 5.91 Å². The van der Waals surface area contributed by atoms with Gasteiger partial charge in [-0.2, -0.15) is 0 Å². The second-order valence-electron chi connectivity index (χ2n) is 7.87. The van der Waals surface area contributed by atoms with Crippen molar-refractivity contribution < 1.29 is 14.0 Å². The molecule has 35 heavy (non-hydrogen) atoms. The second kappa shape index (κ2) is 11.9. The average molecular weight is 486 g/mol. The first-order valence-electron chi connectivity index (χ1n) is 11.1. The minimum Gasteiger partial charge on any atom is -0.340 e. The highest BCUT2D eigenvalue weighted by Crippen LogP contribution is 2.23. The summed E-state index contributed by atoms with van der Waals surface area (Å²) in [5.41, 5.74) is 2.39. The highest BCUT2D eigenvalue weighted by molar-refractivity contribution is 7.98. The summed E-state index contributed by atoms with van der Waals surface area (Å²) < 4.78 is 13.2. The van der Waals surface area contributed by atoms with Gasteiger partial charge in [0.1, 0.15) is 17.7 Å². The van der Waals surface area contributed by atoms with E-state index in [-0.39, 0.29) is 11.5 Å². The fourth-order valence-corrected chi connectivity index (χ4v) is 4.21. The maximum atomic E-state index is 13.2. The van der Waals surface area contributed by atoms with E-state index in [0.717, 1.165) is 16.2 Å². The van der Waals surface area contributed by atoms with Gasteiger partial charge in [0.15, 0.2) is 0 Å². The Bertz CT molecular complexity index is 1250. The Labute approximate surface area is 207 Å².